The standard InChI is InChI=1S/C20H22N8O/c1-13-12-28(6-5-22-13)15-3-4-16(18(7-15)29-2)17-8-19(27-26-17)25-20-11-23-14(9-21)10-24-20/h3-4,7-8,10-11,13,22H,5-6,12H2,1-2H3,(H2,24,25,26,27). The van der Waals surface area contributed by atoms with Crippen LogP contribution in [0, 0.1) is 11.3 Å². The van der Waals surface area contributed by atoms with Crippen molar-refractivity contribution in [2.24, 2.45) is 0 Å². The van der Waals surface area contributed by atoms with Crippen molar-refractivity contribution in [2.45, 2.75) is 13.0 Å². The second-order valence-electron chi connectivity index (χ2n) is 6.88. The summed E-state index contributed by atoms with van der Waals surface area (Å²) in [5.41, 5.74) is 3.16. The highest BCUT2D eigenvalue weighted by Gasteiger charge is 2.18. The molecule has 4 rings (SSSR count). The van der Waals surface area contributed by atoms with Crippen molar-refractivity contribution < 1.29 is 4.74 Å². The fraction of sp³-hybridized carbons (Fsp3) is 0.300. The Labute approximate surface area is 168 Å². The topological polar surface area (TPSA) is 115 Å². The van der Waals surface area contributed by atoms with Crippen molar-refractivity contribution in [3.63, 3.8) is 0 Å². The molecule has 3 aromatic rings. The van der Waals surface area contributed by atoms with Gasteiger partial charge < -0.3 is 20.3 Å². The number of rotatable bonds is 5. The molecule has 0 amide bonds. The second-order valence-corrected chi connectivity index (χ2v) is 6.88. The SMILES string of the molecule is COc1cc(N2CCNC(C)C2)ccc1-c1cc(Nc2cnc(C#N)cn2)n[nH]1. The number of piperazine rings is 1. The first-order valence-corrected chi connectivity index (χ1v) is 9.37. The van der Waals surface area contributed by atoms with Gasteiger partial charge in [-0.05, 0) is 19.1 Å². The molecule has 1 saturated heterocycles. The van der Waals surface area contributed by atoms with E-state index in [4.69, 9.17) is 10.00 Å². The highest BCUT2D eigenvalue weighted by atomic mass is 16.5. The van der Waals surface area contributed by atoms with Gasteiger partial charge in [-0.25, -0.2) is 9.97 Å². The Kier molecular flexibility index (Phi) is 5.27. The number of nitrogens with zero attached hydrogens (tertiary/aromatic N) is 5. The Bertz CT molecular complexity index is 1020. The molecular formula is C20H22N8O. The highest BCUT2D eigenvalue weighted by molar-refractivity contribution is 5.73. The molecule has 0 aliphatic carbocycles. The number of anilines is 3. The third kappa shape index (κ3) is 4.12. The number of hydrogen-bond donors (Lipinski definition) is 3. The lowest BCUT2D eigenvalue weighted by Crippen LogP contribution is -2.49. The number of aromatic amines is 1. The second kappa shape index (κ2) is 8.16. The number of H-pyrrole nitrogens is 1. The monoisotopic (exact) mass is 390 g/mol. The van der Waals surface area contributed by atoms with Gasteiger partial charge >= 0.3 is 0 Å². The number of methoxy groups -OCH3 is 1. The van der Waals surface area contributed by atoms with E-state index in [1.54, 1.807) is 7.11 Å². The molecule has 1 fully saturated rings. The summed E-state index contributed by atoms with van der Waals surface area (Å²) in [5.74, 6) is 1.89. The van der Waals surface area contributed by atoms with Crippen molar-refractivity contribution in [3.8, 4) is 23.1 Å². The molecule has 2 aromatic heterocycles. The predicted octanol–water partition coefficient (Wildman–Crippen LogP) is 2.29. The summed E-state index contributed by atoms with van der Waals surface area (Å²) in [6.45, 7) is 5.09. The van der Waals surface area contributed by atoms with Gasteiger partial charge in [0.1, 0.15) is 17.6 Å². The highest BCUT2D eigenvalue weighted by Crippen LogP contribution is 2.34. The van der Waals surface area contributed by atoms with Crippen LogP contribution < -0.4 is 20.3 Å². The molecule has 3 heterocycles. The van der Waals surface area contributed by atoms with Crippen LogP contribution in [0.2, 0.25) is 0 Å². The van der Waals surface area contributed by atoms with Gasteiger partial charge in [-0.2, -0.15) is 10.4 Å². The number of benzene rings is 1. The molecule has 0 radical (unpaired) electrons. The van der Waals surface area contributed by atoms with Gasteiger partial charge in [0.2, 0.25) is 0 Å². The first-order valence-electron chi connectivity index (χ1n) is 9.37. The summed E-state index contributed by atoms with van der Waals surface area (Å²) >= 11 is 0. The number of nitriles is 1. The van der Waals surface area contributed by atoms with Crippen LogP contribution >= 0.6 is 0 Å². The summed E-state index contributed by atoms with van der Waals surface area (Å²) in [6, 6.07) is 10.5. The normalized spacial score (nSPS) is 16.3. The Morgan fingerprint density at radius 1 is 1.24 bits per heavy atom. The quantitative estimate of drug-likeness (QED) is 0.608. The fourth-order valence-electron chi connectivity index (χ4n) is 3.37. The van der Waals surface area contributed by atoms with Crippen molar-refractivity contribution >= 4 is 17.3 Å². The van der Waals surface area contributed by atoms with E-state index in [1.807, 2.05) is 18.2 Å². The number of aromatic nitrogens is 4. The lowest BCUT2D eigenvalue weighted by Gasteiger charge is -2.34. The molecule has 1 aliphatic heterocycles. The van der Waals surface area contributed by atoms with E-state index in [-0.39, 0.29) is 5.69 Å². The van der Waals surface area contributed by atoms with Crippen LogP contribution in [0.15, 0.2) is 36.7 Å². The summed E-state index contributed by atoms with van der Waals surface area (Å²) in [7, 11) is 1.67. The molecule has 0 saturated carbocycles. The molecular weight excluding hydrogens is 368 g/mol. The Morgan fingerprint density at radius 3 is 2.86 bits per heavy atom. The maximum absolute atomic E-state index is 8.80. The van der Waals surface area contributed by atoms with Crippen LogP contribution in [0.4, 0.5) is 17.3 Å². The first-order chi connectivity index (χ1) is 14.2. The number of nitrogens with one attached hydrogen (secondary N) is 3. The molecule has 0 spiro atoms. The van der Waals surface area contributed by atoms with Gasteiger partial charge in [0.05, 0.1) is 25.2 Å². The predicted molar refractivity (Wildman–Crippen MR) is 110 cm³/mol. The summed E-state index contributed by atoms with van der Waals surface area (Å²) in [5, 5.41) is 22.6. The van der Waals surface area contributed by atoms with Gasteiger partial charge in [-0.3, -0.25) is 5.10 Å². The van der Waals surface area contributed by atoms with Gasteiger partial charge in [0.15, 0.2) is 11.5 Å². The van der Waals surface area contributed by atoms with Gasteiger partial charge in [-0.1, -0.05) is 0 Å². The van der Waals surface area contributed by atoms with Crippen LogP contribution in [0.25, 0.3) is 11.3 Å². The summed E-state index contributed by atoms with van der Waals surface area (Å²) < 4.78 is 5.65. The zero-order valence-electron chi connectivity index (χ0n) is 16.3. The zero-order chi connectivity index (χ0) is 20.2. The number of hydrogen-bond acceptors (Lipinski definition) is 8. The fourth-order valence-corrected chi connectivity index (χ4v) is 3.37. The largest absolute Gasteiger partial charge is 0.496 e. The Morgan fingerprint density at radius 2 is 2.14 bits per heavy atom. The van der Waals surface area contributed by atoms with E-state index in [9.17, 15) is 0 Å². The first kappa shape index (κ1) is 18.7. The smallest absolute Gasteiger partial charge is 0.158 e. The molecule has 1 unspecified atom stereocenters. The molecule has 1 aromatic carbocycles. The zero-order valence-corrected chi connectivity index (χ0v) is 16.3. The maximum atomic E-state index is 8.80. The molecule has 9 nitrogen and oxygen atoms in total. The van der Waals surface area contributed by atoms with Crippen molar-refractivity contribution in [1.82, 2.24) is 25.5 Å². The van der Waals surface area contributed by atoms with E-state index in [0.29, 0.717) is 17.7 Å². The van der Waals surface area contributed by atoms with Gasteiger partial charge in [-0.15, -0.1) is 0 Å². The summed E-state index contributed by atoms with van der Waals surface area (Å²) in [6.07, 6.45) is 2.91. The average Bonchev–Trinajstić information content (AvgIpc) is 3.22. The van der Waals surface area contributed by atoms with Gasteiger partial charge in [0.25, 0.3) is 0 Å². The average molecular weight is 390 g/mol. The van der Waals surface area contributed by atoms with Crippen LogP contribution in [-0.2, 0) is 0 Å². The van der Waals surface area contributed by atoms with Crippen molar-refractivity contribution in [2.75, 3.05) is 37.0 Å². The van der Waals surface area contributed by atoms with E-state index in [2.05, 4.69) is 54.8 Å². The third-order valence-corrected chi connectivity index (χ3v) is 4.81. The van der Waals surface area contributed by atoms with E-state index in [0.717, 1.165) is 42.3 Å². The van der Waals surface area contributed by atoms with Crippen molar-refractivity contribution in [1.29, 1.82) is 5.26 Å². The van der Waals surface area contributed by atoms with Crippen LogP contribution in [0.1, 0.15) is 12.6 Å². The molecule has 0 bridgehead atoms. The minimum atomic E-state index is 0.266. The van der Waals surface area contributed by atoms with E-state index >= 15 is 0 Å². The molecule has 3 N–H and O–H groups in total. The Hall–Kier alpha value is -3.64. The maximum Gasteiger partial charge on any atom is 0.158 e. The van der Waals surface area contributed by atoms with Crippen molar-refractivity contribution in [3.05, 3.63) is 42.4 Å². The van der Waals surface area contributed by atoms with Crippen LogP contribution in [0.3, 0.4) is 0 Å². The minimum absolute atomic E-state index is 0.266. The molecule has 148 valence electrons. The lowest BCUT2D eigenvalue weighted by atomic mass is 10.1. The molecule has 1 aliphatic rings. The third-order valence-electron chi connectivity index (χ3n) is 4.81. The van der Waals surface area contributed by atoms with Crippen LogP contribution in [0.5, 0.6) is 5.75 Å². The molecule has 29 heavy (non-hydrogen) atoms. The number of ether oxygens (including phenoxy) is 1. The Balaban J connectivity index is 1.54. The van der Waals surface area contributed by atoms with E-state index < -0.39 is 0 Å². The van der Waals surface area contributed by atoms with Crippen LogP contribution in [-0.4, -0.2) is 53.0 Å². The molecule has 1 atom stereocenters. The van der Waals surface area contributed by atoms with E-state index in [1.165, 1.54) is 12.4 Å². The molecule has 9 heteroatoms. The minimum Gasteiger partial charge on any atom is -0.496 e. The summed E-state index contributed by atoms with van der Waals surface area (Å²) in [4.78, 5) is 10.5. The lowest BCUT2D eigenvalue weighted by molar-refractivity contribution is 0.415. The van der Waals surface area contributed by atoms with Gasteiger partial charge in [0, 0.05) is 49.1 Å².